The number of aromatic amines is 1. The highest BCUT2D eigenvalue weighted by atomic mass is 16.5. The van der Waals surface area contributed by atoms with Crippen LogP contribution in [0.4, 0.5) is 0 Å². The molecule has 3 heterocycles. The van der Waals surface area contributed by atoms with Gasteiger partial charge in [0, 0.05) is 65.5 Å². The number of aromatic nitrogens is 2. The topological polar surface area (TPSA) is 105 Å². The van der Waals surface area contributed by atoms with Gasteiger partial charge in [0.15, 0.2) is 0 Å². The number of carbonyl (C=O) groups excluding carboxylic acids is 3. The number of ether oxygens (including phenoxy) is 1. The number of carbonyl (C=O) groups is 3. The van der Waals surface area contributed by atoms with Gasteiger partial charge in [0.1, 0.15) is 6.04 Å². The lowest BCUT2D eigenvalue weighted by atomic mass is 9.90. The van der Waals surface area contributed by atoms with Crippen LogP contribution in [0.1, 0.15) is 47.3 Å². The second-order valence-electron chi connectivity index (χ2n) is 11.7. The number of nitrogens with one attached hydrogen (secondary N) is 3. The SMILES string of the molecule is COC(=O)C(Cc1c(C2CCn3c2c(C)c2ccccc23)[nH]c2ccccc12)NC(=O)[C@@H](CNC(C)=O)Cc1ccccc1. The van der Waals surface area contributed by atoms with Crippen molar-refractivity contribution in [1.82, 2.24) is 20.2 Å². The van der Waals surface area contributed by atoms with Crippen molar-refractivity contribution in [1.29, 1.82) is 0 Å². The van der Waals surface area contributed by atoms with Gasteiger partial charge in [-0.3, -0.25) is 9.59 Å². The number of hydrogen-bond acceptors (Lipinski definition) is 4. The van der Waals surface area contributed by atoms with Gasteiger partial charge in [0.05, 0.1) is 13.0 Å². The molecule has 3 aromatic carbocycles. The monoisotopic (exact) mass is 590 g/mol. The van der Waals surface area contributed by atoms with E-state index in [0.29, 0.717) is 6.42 Å². The summed E-state index contributed by atoms with van der Waals surface area (Å²) >= 11 is 0. The van der Waals surface area contributed by atoms with Crippen molar-refractivity contribution in [3.8, 4) is 0 Å². The van der Waals surface area contributed by atoms with Crippen LogP contribution in [0.25, 0.3) is 21.8 Å². The number of H-pyrrole nitrogens is 1. The summed E-state index contributed by atoms with van der Waals surface area (Å²) < 4.78 is 7.63. The molecular formula is C36H38N4O4. The Hall–Kier alpha value is -4.85. The Balaban J connectivity index is 1.34. The number of aryl methyl sites for hydroxylation is 2. The summed E-state index contributed by atoms with van der Waals surface area (Å²) in [7, 11) is 1.34. The van der Waals surface area contributed by atoms with Gasteiger partial charge in [0.2, 0.25) is 11.8 Å². The molecular weight excluding hydrogens is 552 g/mol. The molecule has 0 radical (unpaired) electrons. The maximum Gasteiger partial charge on any atom is 0.328 e. The van der Waals surface area contributed by atoms with Crippen LogP contribution in [0.3, 0.4) is 0 Å². The zero-order chi connectivity index (χ0) is 30.8. The third kappa shape index (κ3) is 5.60. The van der Waals surface area contributed by atoms with Gasteiger partial charge >= 0.3 is 5.97 Å². The molecule has 0 bridgehead atoms. The summed E-state index contributed by atoms with van der Waals surface area (Å²) in [5.74, 6) is -1.48. The van der Waals surface area contributed by atoms with Crippen LogP contribution in [0, 0.1) is 12.8 Å². The van der Waals surface area contributed by atoms with E-state index >= 15 is 0 Å². The third-order valence-electron chi connectivity index (χ3n) is 8.94. The molecule has 2 amide bonds. The van der Waals surface area contributed by atoms with Crippen molar-refractivity contribution in [2.75, 3.05) is 13.7 Å². The van der Waals surface area contributed by atoms with Crippen LogP contribution in [0.15, 0.2) is 78.9 Å². The molecule has 0 spiro atoms. The number of para-hydroxylation sites is 2. The number of amides is 2. The second kappa shape index (κ2) is 12.4. The molecule has 0 saturated carbocycles. The predicted molar refractivity (Wildman–Crippen MR) is 171 cm³/mol. The Kier molecular flexibility index (Phi) is 8.24. The van der Waals surface area contributed by atoms with Gasteiger partial charge in [-0.25, -0.2) is 4.79 Å². The van der Waals surface area contributed by atoms with Crippen molar-refractivity contribution in [3.63, 3.8) is 0 Å². The number of hydrogen-bond donors (Lipinski definition) is 3. The minimum absolute atomic E-state index is 0.115. The van der Waals surface area contributed by atoms with Gasteiger partial charge in [-0.1, -0.05) is 66.7 Å². The summed E-state index contributed by atoms with van der Waals surface area (Å²) in [6, 6.07) is 25.4. The molecule has 1 aliphatic heterocycles. The highest BCUT2D eigenvalue weighted by Crippen LogP contribution is 2.43. The Bertz CT molecular complexity index is 1840. The smallest absolute Gasteiger partial charge is 0.328 e. The highest BCUT2D eigenvalue weighted by Gasteiger charge is 2.34. The summed E-state index contributed by atoms with van der Waals surface area (Å²) in [4.78, 5) is 42.4. The highest BCUT2D eigenvalue weighted by molar-refractivity contribution is 5.90. The number of rotatable bonds is 10. The van der Waals surface area contributed by atoms with Crippen molar-refractivity contribution in [2.45, 2.75) is 51.6 Å². The Morgan fingerprint density at radius 1 is 0.955 bits per heavy atom. The lowest BCUT2D eigenvalue weighted by Gasteiger charge is -2.23. The molecule has 3 N–H and O–H groups in total. The Morgan fingerprint density at radius 3 is 2.41 bits per heavy atom. The van der Waals surface area contributed by atoms with E-state index in [-0.39, 0.29) is 30.7 Å². The summed E-state index contributed by atoms with van der Waals surface area (Å²) in [6.45, 7) is 4.69. The molecule has 6 rings (SSSR count). The molecule has 5 aromatic rings. The first-order chi connectivity index (χ1) is 21.4. The standard InChI is InChI=1S/C36H38N4O4/c1-22-26-13-8-10-16-32(26)40-18-17-28(34(22)40)33-29(27-14-7-9-15-30(27)38-33)20-31(36(43)44-3)39-35(42)25(21-37-23(2)41)19-24-11-5-4-6-12-24/h4-16,25,28,31,38H,17-21H2,1-3H3,(H,37,41)(H,39,42)/t25-,28?,31?/m1/s1. The van der Waals surface area contributed by atoms with Gasteiger partial charge in [0.25, 0.3) is 0 Å². The fourth-order valence-corrected chi connectivity index (χ4v) is 6.85. The molecule has 8 nitrogen and oxygen atoms in total. The van der Waals surface area contributed by atoms with Crippen LogP contribution < -0.4 is 10.6 Å². The van der Waals surface area contributed by atoms with E-state index in [9.17, 15) is 14.4 Å². The summed E-state index contributed by atoms with van der Waals surface area (Å²) in [6.07, 6.45) is 1.63. The van der Waals surface area contributed by atoms with Crippen molar-refractivity contribution in [2.24, 2.45) is 5.92 Å². The predicted octanol–water partition coefficient (Wildman–Crippen LogP) is 5.16. The first-order valence-electron chi connectivity index (χ1n) is 15.2. The minimum atomic E-state index is -0.908. The molecule has 226 valence electrons. The summed E-state index contributed by atoms with van der Waals surface area (Å²) in [5, 5.41) is 8.06. The fraction of sp³-hybridized carbons (Fsp3) is 0.306. The van der Waals surface area contributed by atoms with E-state index in [1.807, 2.05) is 42.5 Å². The van der Waals surface area contributed by atoms with Crippen molar-refractivity contribution >= 4 is 39.6 Å². The quantitative estimate of drug-likeness (QED) is 0.195. The maximum atomic E-state index is 13.8. The third-order valence-corrected chi connectivity index (χ3v) is 8.94. The molecule has 0 aliphatic carbocycles. The van der Waals surface area contributed by atoms with Gasteiger partial charge in [-0.05, 0) is 48.6 Å². The number of fused-ring (bicyclic) bond motifs is 4. The molecule has 0 fully saturated rings. The number of benzene rings is 3. The van der Waals surface area contributed by atoms with E-state index in [1.54, 1.807) is 0 Å². The average Bonchev–Trinajstić information content (AvgIpc) is 3.71. The van der Waals surface area contributed by atoms with Gasteiger partial charge < -0.3 is 24.9 Å². The number of nitrogens with zero attached hydrogens (tertiary/aromatic N) is 1. The van der Waals surface area contributed by atoms with E-state index in [0.717, 1.165) is 40.7 Å². The zero-order valence-corrected chi connectivity index (χ0v) is 25.4. The Morgan fingerprint density at radius 2 is 1.66 bits per heavy atom. The molecule has 0 saturated heterocycles. The van der Waals surface area contributed by atoms with Crippen molar-refractivity contribution < 1.29 is 19.1 Å². The van der Waals surface area contributed by atoms with Crippen molar-refractivity contribution in [3.05, 3.63) is 107 Å². The van der Waals surface area contributed by atoms with E-state index < -0.39 is 17.9 Å². The molecule has 2 aromatic heterocycles. The maximum absolute atomic E-state index is 13.8. The fourth-order valence-electron chi connectivity index (χ4n) is 6.85. The van der Waals surface area contributed by atoms with Gasteiger partial charge in [-0.15, -0.1) is 0 Å². The van der Waals surface area contributed by atoms with Crippen LogP contribution in [0.5, 0.6) is 0 Å². The van der Waals surface area contributed by atoms with Crippen LogP contribution in [-0.2, 0) is 38.5 Å². The van der Waals surface area contributed by atoms with E-state index in [2.05, 4.69) is 63.5 Å². The average molecular weight is 591 g/mol. The molecule has 2 unspecified atom stereocenters. The van der Waals surface area contributed by atoms with Gasteiger partial charge in [-0.2, -0.15) is 0 Å². The van der Waals surface area contributed by atoms with Crippen LogP contribution >= 0.6 is 0 Å². The normalized spacial score (nSPS) is 15.6. The van der Waals surface area contributed by atoms with E-state index in [1.165, 1.54) is 36.2 Å². The molecule has 8 heteroatoms. The molecule has 3 atom stereocenters. The van der Waals surface area contributed by atoms with Crippen LogP contribution in [0.2, 0.25) is 0 Å². The lowest BCUT2D eigenvalue weighted by molar-refractivity contribution is -0.145. The Labute approximate surface area is 256 Å². The number of esters is 1. The number of methoxy groups -OCH3 is 1. The zero-order valence-electron chi connectivity index (χ0n) is 25.4. The first-order valence-corrected chi connectivity index (χ1v) is 15.2. The van der Waals surface area contributed by atoms with Crippen LogP contribution in [-0.4, -0.2) is 47.0 Å². The molecule has 44 heavy (non-hydrogen) atoms. The molecule has 1 aliphatic rings. The largest absolute Gasteiger partial charge is 0.467 e. The summed E-state index contributed by atoms with van der Waals surface area (Å²) in [5.41, 5.74) is 7.83. The first kappa shape index (κ1) is 29.2. The van der Waals surface area contributed by atoms with E-state index in [4.69, 9.17) is 4.74 Å². The lowest BCUT2D eigenvalue weighted by Crippen LogP contribution is -2.48. The minimum Gasteiger partial charge on any atom is -0.467 e. The second-order valence-corrected chi connectivity index (χ2v) is 11.7.